The van der Waals surface area contributed by atoms with Crippen LogP contribution in [0.5, 0.6) is 0 Å². The van der Waals surface area contributed by atoms with Gasteiger partial charge in [0, 0.05) is 51.8 Å². The number of hydrogen-bond acceptors (Lipinski definition) is 7. The van der Waals surface area contributed by atoms with Crippen molar-refractivity contribution < 1.29 is 24.0 Å². The number of aromatic amines is 2. The molecule has 2 aromatic carbocycles. The zero-order valence-electron chi connectivity index (χ0n) is 34.3. The summed E-state index contributed by atoms with van der Waals surface area (Å²) in [6.45, 7) is 3.27. The largest absolute Gasteiger partial charge is 0.351 e. The number of amides is 3. The molecule has 59 heavy (non-hydrogen) atoms. The molecule has 3 amide bonds. The molecule has 12 nitrogen and oxygen atoms in total. The van der Waals surface area contributed by atoms with E-state index in [1.807, 2.05) is 60.7 Å². The van der Waals surface area contributed by atoms with Crippen molar-refractivity contribution in [2.75, 3.05) is 0 Å². The van der Waals surface area contributed by atoms with Crippen LogP contribution in [0.4, 0.5) is 0 Å². The van der Waals surface area contributed by atoms with Gasteiger partial charge in [-0.2, -0.15) is 5.26 Å². The Hall–Kier alpha value is -4.80. The van der Waals surface area contributed by atoms with Crippen molar-refractivity contribution in [2.24, 2.45) is 29.4 Å². The van der Waals surface area contributed by atoms with Gasteiger partial charge in [0.15, 0.2) is 0 Å². The first-order chi connectivity index (χ1) is 28.0. The maximum Gasteiger partial charge on any atom is 0.267 e. The van der Waals surface area contributed by atoms with E-state index >= 15 is 0 Å². The highest BCUT2D eigenvalue weighted by molar-refractivity contribution is 8.93. The Morgan fingerprint density at radius 2 is 1.08 bits per heavy atom. The lowest BCUT2D eigenvalue weighted by Crippen LogP contribution is -2.50. The summed E-state index contributed by atoms with van der Waals surface area (Å²) >= 11 is 0. The molecule has 7 atom stereocenters. The summed E-state index contributed by atoms with van der Waals surface area (Å²) in [6, 6.07) is 21.0. The zero-order chi connectivity index (χ0) is 41.2. The number of hydrogen-bond donors (Lipinski definition) is 6. The van der Waals surface area contributed by atoms with Gasteiger partial charge in [-0.15, -0.1) is 17.0 Å². The smallest absolute Gasteiger partial charge is 0.267 e. The molecule has 0 bridgehead atoms. The molecule has 7 N–H and O–H groups in total. The number of H-pyrrole nitrogens is 2. The van der Waals surface area contributed by atoms with Crippen molar-refractivity contribution in [2.45, 2.75) is 128 Å². The Morgan fingerprint density at radius 3 is 1.53 bits per heavy atom. The number of benzene rings is 2. The van der Waals surface area contributed by atoms with Crippen LogP contribution < -0.4 is 21.7 Å². The highest BCUT2D eigenvalue weighted by Crippen LogP contribution is 2.33. The van der Waals surface area contributed by atoms with Gasteiger partial charge in [0.2, 0.25) is 5.91 Å². The van der Waals surface area contributed by atoms with Gasteiger partial charge < -0.3 is 31.7 Å². The minimum atomic E-state index is -0.399. The molecule has 0 saturated heterocycles. The monoisotopic (exact) mass is 869 g/mol. The summed E-state index contributed by atoms with van der Waals surface area (Å²) in [4.78, 5) is 66.8. The van der Waals surface area contributed by atoms with E-state index in [0.717, 1.165) is 98.9 Å². The molecule has 316 valence electrons. The lowest BCUT2D eigenvalue weighted by atomic mass is 9.82. The van der Waals surface area contributed by atoms with Crippen LogP contribution in [-0.4, -0.2) is 63.4 Å². The summed E-state index contributed by atoms with van der Waals surface area (Å²) in [7, 11) is 0. The van der Waals surface area contributed by atoms with E-state index < -0.39 is 6.04 Å². The van der Waals surface area contributed by atoms with E-state index in [2.05, 4.69) is 32.0 Å². The third-order valence-electron chi connectivity index (χ3n) is 12.4. The Labute approximate surface area is 357 Å². The number of carbonyl (C=O) groups excluding carboxylic acids is 5. The predicted octanol–water partition coefficient (Wildman–Crippen LogP) is 7.59. The zero-order valence-corrected chi connectivity index (χ0v) is 36.0. The molecule has 2 heterocycles. The summed E-state index contributed by atoms with van der Waals surface area (Å²) in [5.41, 5.74) is 8.70. The van der Waals surface area contributed by atoms with Gasteiger partial charge in [0.1, 0.15) is 29.0 Å². The van der Waals surface area contributed by atoms with Crippen molar-refractivity contribution in [3.63, 3.8) is 0 Å². The van der Waals surface area contributed by atoms with Crippen molar-refractivity contribution in [1.29, 1.82) is 5.26 Å². The Bertz CT molecular complexity index is 2050. The van der Waals surface area contributed by atoms with Gasteiger partial charge in [-0.25, -0.2) is 0 Å². The lowest BCUT2D eigenvalue weighted by molar-refractivity contribution is -0.127. The van der Waals surface area contributed by atoms with Gasteiger partial charge in [-0.3, -0.25) is 24.0 Å². The Kier molecular flexibility index (Phi) is 16.5. The highest BCUT2D eigenvalue weighted by atomic mass is 79.9. The molecule has 2 unspecified atom stereocenters. The summed E-state index contributed by atoms with van der Waals surface area (Å²) in [5.74, 6) is 0.183. The predicted molar refractivity (Wildman–Crippen MR) is 235 cm³/mol. The lowest BCUT2D eigenvalue weighted by Gasteiger charge is -2.31. The normalized spacial score (nSPS) is 24.3. The van der Waals surface area contributed by atoms with Crippen LogP contribution in [0.3, 0.4) is 0 Å². The van der Waals surface area contributed by atoms with Crippen LogP contribution in [-0.2, 0) is 14.4 Å². The summed E-state index contributed by atoms with van der Waals surface area (Å²) in [6.07, 6.45) is 13.8. The van der Waals surface area contributed by atoms with Crippen LogP contribution in [0.1, 0.15) is 125 Å². The fraction of sp³-hybridized carbons (Fsp3) is 0.522. The average molecular weight is 871 g/mol. The SMILES string of the molecule is Br.CC(=O)[C@@H]1CCCCC1N.CC(=O)[C@@H]1CCCC[C@@H]1NC(=O)c1cc2ccccc2[nH]1.N#CC(NC(=O)[C@@H]1CCCC[C@@H]1NC(=O)c1cc2ccccc2[nH]1)C1CC1. The summed E-state index contributed by atoms with van der Waals surface area (Å²) < 4.78 is 0. The average Bonchev–Trinajstić information content (AvgIpc) is 3.82. The molecule has 0 radical (unpaired) electrons. The number of halogens is 1. The van der Waals surface area contributed by atoms with E-state index in [0.29, 0.717) is 17.3 Å². The summed E-state index contributed by atoms with van der Waals surface area (Å²) in [5, 5.41) is 20.3. The van der Waals surface area contributed by atoms with Crippen LogP contribution in [0.2, 0.25) is 0 Å². The second-order valence-electron chi connectivity index (χ2n) is 16.7. The van der Waals surface area contributed by atoms with E-state index in [9.17, 15) is 29.2 Å². The fourth-order valence-corrected chi connectivity index (χ4v) is 8.90. The molecular weight excluding hydrogens is 810 g/mol. The molecule has 2 aromatic heterocycles. The third kappa shape index (κ3) is 12.1. The number of para-hydroxylation sites is 2. The number of aromatic nitrogens is 2. The first-order valence-corrected chi connectivity index (χ1v) is 21.3. The van der Waals surface area contributed by atoms with Crippen LogP contribution >= 0.6 is 17.0 Å². The number of nitrogens with two attached hydrogens (primary N) is 1. The first-order valence-electron chi connectivity index (χ1n) is 21.3. The minimum Gasteiger partial charge on any atom is -0.351 e. The van der Waals surface area contributed by atoms with Gasteiger partial charge in [0.25, 0.3) is 11.8 Å². The van der Waals surface area contributed by atoms with Gasteiger partial charge in [-0.1, -0.05) is 74.9 Å². The standard InChI is InChI=1S/C21H24N4O2.C17H20N2O2.C8H15NO.BrH/c22-12-19(13-9-10-13)25-20(26)15-6-2-4-8-17(15)24-21(27)18-11-14-5-1-3-7-16(14)23-18;1-11(20)13-7-3-5-9-15(13)19-17(21)16-10-12-6-2-4-8-14(12)18-16;1-6(10)7-4-2-3-5-8(7)9;/h1,3,5,7,11,13,15,17,19,23H,2,4,6,8-10H2,(H,24,27)(H,25,26);2,4,6,8,10,13,15,18H,3,5,7,9H2,1H3,(H,19,21);7-8H,2-5,9H2,1H3;1H/t15-,17+,19?;13-,15-;7-,8?;/m100./s1. The Morgan fingerprint density at radius 1 is 0.644 bits per heavy atom. The first kappa shape index (κ1) is 45.3. The maximum atomic E-state index is 12.7. The minimum absolute atomic E-state index is 0. The molecule has 4 aliphatic rings. The molecular formula is C46H60BrN7O5. The number of Topliss-reactive ketones (excluding diaryl/α,β-unsaturated/α-hetero) is 2. The maximum absolute atomic E-state index is 12.7. The second kappa shape index (κ2) is 21.5. The quantitative estimate of drug-likeness (QED) is 0.0994. The molecule has 4 aliphatic carbocycles. The van der Waals surface area contributed by atoms with Gasteiger partial charge in [0.05, 0.1) is 12.0 Å². The number of nitriles is 1. The fourth-order valence-electron chi connectivity index (χ4n) is 8.90. The van der Waals surface area contributed by atoms with E-state index in [-0.39, 0.29) is 82.1 Å². The molecule has 13 heteroatoms. The molecule has 4 aromatic rings. The van der Waals surface area contributed by atoms with Crippen molar-refractivity contribution in [1.82, 2.24) is 25.9 Å². The number of nitrogens with one attached hydrogen (secondary N) is 5. The van der Waals surface area contributed by atoms with Crippen LogP contribution in [0.15, 0.2) is 60.7 Å². The molecule has 0 spiro atoms. The molecule has 4 saturated carbocycles. The molecule has 4 fully saturated rings. The van der Waals surface area contributed by atoms with Gasteiger partial charge >= 0.3 is 0 Å². The third-order valence-corrected chi connectivity index (χ3v) is 12.4. The number of nitrogens with zero attached hydrogens (tertiary/aromatic N) is 1. The highest BCUT2D eigenvalue weighted by Gasteiger charge is 2.37. The van der Waals surface area contributed by atoms with Crippen molar-refractivity contribution in [3.05, 3.63) is 72.1 Å². The topological polar surface area (TPSA) is 203 Å². The van der Waals surface area contributed by atoms with E-state index in [4.69, 9.17) is 5.73 Å². The number of carbonyl (C=O) groups is 5. The Balaban J connectivity index is 0.000000183. The van der Waals surface area contributed by atoms with Gasteiger partial charge in [-0.05, 0) is 95.4 Å². The number of rotatable bonds is 9. The van der Waals surface area contributed by atoms with E-state index in [1.165, 1.54) is 12.8 Å². The second-order valence-corrected chi connectivity index (χ2v) is 16.7. The van der Waals surface area contributed by atoms with E-state index in [1.54, 1.807) is 13.8 Å². The number of fused-ring (bicyclic) bond motifs is 2. The molecule has 8 rings (SSSR count). The number of ketones is 2. The van der Waals surface area contributed by atoms with Crippen molar-refractivity contribution >= 4 is 68.1 Å². The molecule has 0 aliphatic heterocycles. The van der Waals surface area contributed by atoms with Crippen LogP contribution in [0.25, 0.3) is 21.8 Å². The van der Waals surface area contributed by atoms with Crippen molar-refractivity contribution in [3.8, 4) is 6.07 Å². The van der Waals surface area contributed by atoms with Crippen LogP contribution in [0, 0.1) is 35.0 Å².